The van der Waals surface area contributed by atoms with Crippen LogP contribution in [0.2, 0.25) is 5.02 Å². The number of imidazole rings is 1. The predicted octanol–water partition coefficient (Wildman–Crippen LogP) is 4.33. The van der Waals surface area contributed by atoms with Crippen molar-refractivity contribution < 1.29 is 9.53 Å². The molecule has 0 N–H and O–H groups in total. The Morgan fingerprint density at radius 1 is 1.26 bits per heavy atom. The van der Waals surface area contributed by atoms with E-state index in [0.717, 1.165) is 33.4 Å². The Labute approximate surface area is 185 Å². The molecule has 158 valence electrons. The van der Waals surface area contributed by atoms with Gasteiger partial charge in [0.05, 0.1) is 17.0 Å². The van der Waals surface area contributed by atoms with Gasteiger partial charge in [-0.3, -0.25) is 9.78 Å². The van der Waals surface area contributed by atoms with Gasteiger partial charge in [0.1, 0.15) is 17.9 Å². The first-order valence-corrected chi connectivity index (χ1v) is 10.2. The van der Waals surface area contributed by atoms with Gasteiger partial charge < -0.3 is 14.2 Å². The second-order valence-corrected chi connectivity index (χ2v) is 7.73. The smallest absolute Gasteiger partial charge is 0.219 e. The van der Waals surface area contributed by atoms with Crippen LogP contribution >= 0.6 is 11.6 Å². The van der Waals surface area contributed by atoms with Crippen molar-refractivity contribution in [1.82, 2.24) is 24.4 Å². The molecule has 8 heteroatoms. The molecule has 0 bridgehead atoms. The predicted molar refractivity (Wildman–Crippen MR) is 119 cm³/mol. The molecule has 7 nitrogen and oxygen atoms in total. The standard InChI is InChI=1S/C23H22ClN5O2/c1-15-9-21(29-8-7-25-14-29)18-5-4-6-22(23(18)27-15)31-13-19-17(10-26-11-20(19)24)12-28(3)16(2)30/h4-11,14H,12-13H2,1-3H3. The number of rotatable bonds is 6. The minimum absolute atomic E-state index is 0.0346. The molecule has 1 aromatic carbocycles. The Bertz CT molecular complexity index is 1240. The van der Waals surface area contributed by atoms with Crippen LogP contribution in [0.25, 0.3) is 16.6 Å². The van der Waals surface area contributed by atoms with Gasteiger partial charge in [-0.05, 0) is 24.6 Å². The van der Waals surface area contributed by atoms with Crippen LogP contribution in [0, 0.1) is 6.92 Å². The molecule has 3 aromatic heterocycles. The summed E-state index contributed by atoms with van der Waals surface area (Å²) in [5.41, 5.74) is 4.26. The third kappa shape index (κ3) is 4.36. The Balaban J connectivity index is 1.69. The zero-order chi connectivity index (χ0) is 22.0. The Hall–Kier alpha value is -3.45. The van der Waals surface area contributed by atoms with Crippen molar-refractivity contribution in [3.8, 4) is 11.4 Å². The molecule has 0 saturated heterocycles. The van der Waals surface area contributed by atoms with Gasteiger partial charge in [0.2, 0.25) is 5.91 Å². The number of hydrogen-bond acceptors (Lipinski definition) is 5. The number of nitrogens with zero attached hydrogens (tertiary/aromatic N) is 5. The van der Waals surface area contributed by atoms with E-state index in [1.165, 1.54) is 6.92 Å². The Morgan fingerprint density at radius 2 is 2.10 bits per heavy atom. The van der Waals surface area contributed by atoms with E-state index in [1.54, 1.807) is 36.9 Å². The van der Waals surface area contributed by atoms with Crippen molar-refractivity contribution in [1.29, 1.82) is 0 Å². The monoisotopic (exact) mass is 435 g/mol. The fourth-order valence-electron chi connectivity index (χ4n) is 3.38. The minimum atomic E-state index is -0.0346. The lowest BCUT2D eigenvalue weighted by atomic mass is 10.1. The summed E-state index contributed by atoms with van der Waals surface area (Å²) in [4.78, 5) is 26.3. The summed E-state index contributed by atoms with van der Waals surface area (Å²) >= 11 is 6.42. The third-order valence-corrected chi connectivity index (χ3v) is 5.43. The van der Waals surface area contributed by atoms with E-state index in [0.29, 0.717) is 17.3 Å². The first-order valence-electron chi connectivity index (χ1n) is 9.78. The molecular weight excluding hydrogens is 414 g/mol. The second-order valence-electron chi connectivity index (χ2n) is 7.33. The summed E-state index contributed by atoms with van der Waals surface area (Å²) < 4.78 is 8.15. The number of benzene rings is 1. The first-order chi connectivity index (χ1) is 14.9. The molecule has 4 aromatic rings. The van der Waals surface area contributed by atoms with Gasteiger partial charge in [-0.25, -0.2) is 9.97 Å². The molecule has 0 atom stereocenters. The quantitative estimate of drug-likeness (QED) is 0.450. The van der Waals surface area contributed by atoms with E-state index < -0.39 is 0 Å². The van der Waals surface area contributed by atoms with E-state index in [9.17, 15) is 4.79 Å². The first kappa shape index (κ1) is 20.8. The average molecular weight is 436 g/mol. The summed E-state index contributed by atoms with van der Waals surface area (Å²) in [6.07, 6.45) is 8.70. The molecular formula is C23H22ClN5O2. The number of ether oxygens (including phenoxy) is 1. The number of aryl methyl sites for hydroxylation is 1. The molecule has 0 radical (unpaired) electrons. The lowest BCUT2D eigenvalue weighted by Crippen LogP contribution is -2.24. The van der Waals surface area contributed by atoms with Crippen LogP contribution in [-0.2, 0) is 17.9 Å². The maximum absolute atomic E-state index is 11.7. The van der Waals surface area contributed by atoms with E-state index >= 15 is 0 Å². The van der Waals surface area contributed by atoms with Gasteiger partial charge >= 0.3 is 0 Å². The maximum Gasteiger partial charge on any atom is 0.219 e. The molecule has 0 fully saturated rings. The van der Waals surface area contributed by atoms with Crippen molar-refractivity contribution in [3.05, 3.63) is 77.2 Å². The molecule has 0 spiro atoms. The topological polar surface area (TPSA) is 73.1 Å². The number of carbonyl (C=O) groups excluding carboxylic acids is 1. The van der Waals surface area contributed by atoms with E-state index in [-0.39, 0.29) is 12.5 Å². The van der Waals surface area contributed by atoms with Crippen LogP contribution in [0.15, 0.2) is 55.4 Å². The van der Waals surface area contributed by atoms with Gasteiger partial charge in [0, 0.05) is 61.9 Å². The van der Waals surface area contributed by atoms with Crippen LogP contribution in [0.3, 0.4) is 0 Å². The average Bonchev–Trinajstić information content (AvgIpc) is 3.27. The summed E-state index contributed by atoms with van der Waals surface area (Å²) in [7, 11) is 1.74. The summed E-state index contributed by atoms with van der Waals surface area (Å²) in [6.45, 7) is 4.11. The molecule has 0 aliphatic rings. The molecule has 0 saturated carbocycles. The maximum atomic E-state index is 11.7. The molecule has 0 aliphatic carbocycles. The highest BCUT2D eigenvalue weighted by Crippen LogP contribution is 2.30. The highest BCUT2D eigenvalue weighted by molar-refractivity contribution is 6.31. The number of carbonyl (C=O) groups is 1. The van der Waals surface area contributed by atoms with Crippen LogP contribution < -0.4 is 4.74 Å². The lowest BCUT2D eigenvalue weighted by molar-refractivity contribution is -0.128. The number of aromatic nitrogens is 4. The fraction of sp³-hybridized carbons (Fsp3) is 0.217. The summed E-state index contributed by atoms with van der Waals surface area (Å²) in [6, 6.07) is 7.86. The van der Waals surface area contributed by atoms with Crippen molar-refractivity contribution in [3.63, 3.8) is 0 Å². The van der Waals surface area contributed by atoms with Gasteiger partial charge in [-0.15, -0.1) is 0 Å². The Morgan fingerprint density at radius 3 is 2.84 bits per heavy atom. The van der Waals surface area contributed by atoms with Crippen molar-refractivity contribution in [2.45, 2.75) is 27.0 Å². The van der Waals surface area contributed by atoms with Crippen LogP contribution in [0.1, 0.15) is 23.7 Å². The normalized spacial score (nSPS) is 11.0. The fourth-order valence-corrected chi connectivity index (χ4v) is 3.61. The number of amides is 1. The van der Waals surface area contributed by atoms with Crippen molar-refractivity contribution >= 4 is 28.4 Å². The van der Waals surface area contributed by atoms with E-state index in [4.69, 9.17) is 21.3 Å². The molecule has 1 amide bonds. The summed E-state index contributed by atoms with van der Waals surface area (Å²) in [5, 5.41) is 1.45. The van der Waals surface area contributed by atoms with Crippen LogP contribution in [0.5, 0.6) is 5.75 Å². The largest absolute Gasteiger partial charge is 0.487 e. The molecule has 3 heterocycles. The highest BCUT2D eigenvalue weighted by Gasteiger charge is 2.15. The minimum Gasteiger partial charge on any atom is -0.487 e. The van der Waals surface area contributed by atoms with Crippen molar-refractivity contribution in [2.75, 3.05) is 7.05 Å². The molecule has 0 unspecified atom stereocenters. The SMILES string of the molecule is CC(=O)N(C)Cc1cncc(Cl)c1COc1cccc2c(-n3ccnc3)cc(C)nc12. The third-order valence-electron chi connectivity index (χ3n) is 5.10. The Kier molecular flexibility index (Phi) is 5.86. The highest BCUT2D eigenvalue weighted by atomic mass is 35.5. The zero-order valence-electron chi connectivity index (χ0n) is 17.5. The van der Waals surface area contributed by atoms with Crippen molar-refractivity contribution in [2.24, 2.45) is 0 Å². The zero-order valence-corrected chi connectivity index (χ0v) is 18.3. The van der Waals surface area contributed by atoms with Gasteiger partial charge in [0.25, 0.3) is 0 Å². The van der Waals surface area contributed by atoms with Crippen LogP contribution in [0.4, 0.5) is 0 Å². The van der Waals surface area contributed by atoms with Gasteiger partial charge in [-0.1, -0.05) is 23.7 Å². The molecule has 0 aliphatic heterocycles. The van der Waals surface area contributed by atoms with Crippen LogP contribution in [-0.4, -0.2) is 37.4 Å². The number of halogens is 1. The second kappa shape index (κ2) is 8.73. The molecule has 31 heavy (non-hydrogen) atoms. The number of hydrogen-bond donors (Lipinski definition) is 0. The van der Waals surface area contributed by atoms with Gasteiger partial charge in [-0.2, -0.15) is 0 Å². The van der Waals surface area contributed by atoms with Gasteiger partial charge in [0.15, 0.2) is 0 Å². The van der Waals surface area contributed by atoms with E-state index in [2.05, 4.69) is 9.97 Å². The number of para-hydroxylation sites is 1. The summed E-state index contributed by atoms with van der Waals surface area (Å²) in [5.74, 6) is 0.619. The number of pyridine rings is 2. The lowest BCUT2D eigenvalue weighted by Gasteiger charge is -2.19. The molecule has 4 rings (SSSR count). The number of fused-ring (bicyclic) bond motifs is 1. The van der Waals surface area contributed by atoms with E-state index in [1.807, 2.05) is 42.0 Å².